The molecule has 1 fully saturated rings. The Balaban J connectivity index is 2.10. The summed E-state index contributed by atoms with van der Waals surface area (Å²) < 4.78 is 10.1. The molecule has 0 aromatic heterocycles. The summed E-state index contributed by atoms with van der Waals surface area (Å²) >= 11 is 0. The molecule has 1 amide bonds. The van der Waals surface area contributed by atoms with Crippen LogP contribution in [0.25, 0.3) is 0 Å². The van der Waals surface area contributed by atoms with Crippen molar-refractivity contribution in [3.05, 3.63) is 0 Å². The summed E-state index contributed by atoms with van der Waals surface area (Å²) in [4.78, 5) is 22.7. The zero-order chi connectivity index (χ0) is 14.5. The van der Waals surface area contributed by atoms with Gasteiger partial charge in [0.25, 0.3) is 0 Å². The van der Waals surface area contributed by atoms with Gasteiger partial charge in [0.05, 0.1) is 6.61 Å². The standard InChI is InChI=1S/C14H25NO4/c1-5-18-12(16)7-6-10-8-11(9-10)15-13(17)19-14(2,3)4/h10-11H,5-9H2,1-4H3,(H,15,17)/t10-,11+. The Morgan fingerprint density at radius 1 is 1.26 bits per heavy atom. The predicted molar refractivity (Wildman–Crippen MR) is 71.7 cm³/mol. The molecule has 0 aromatic rings. The molecule has 0 aromatic carbocycles. The Kier molecular flexibility index (Phi) is 5.63. The fraction of sp³-hybridized carbons (Fsp3) is 0.857. The lowest BCUT2D eigenvalue weighted by Crippen LogP contribution is -2.46. The Bertz CT molecular complexity index is 316. The first-order valence-corrected chi connectivity index (χ1v) is 6.95. The van der Waals surface area contributed by atoms with Crippen molar-refractivity contribution in [1.82, 2.24) is 5.32 Å². The molecule has 19 heavy (non-hydrogen) atoms. The van der Waals surface area contributed by atoms with E-state index in [1.807, 2.05) is 27.7 Å². The number of hydrogen-bond acceptors (Lipinski definition) is 4. The maximum absolute atomic E-state index is 11.5. The van der Waals surface area contributed by atoms with E-state index >= 15 is 0 Å². The molecule has 5 heteroatoms. The van der Waals surface area contributed by atoms with Gasteiger partial charge >= 0.3 is 12.1 Å². The highest BCUT2D eigenvalue weighted by Crippen LogP contribution is 2.31. The summed E-state index contributed by atoms with van der Waals surface area (Å²) in [5.41, 5.74) is -0.461. The zero-order valence-corrected chi connectivity index (χ0v) is 12.3. The Hall–Kier alpha value is -1.26. The maximum Gasteiger partial charge on any atom is 0.407 e. The fourth-order valence-electron chi connectivity index (χ4n) is 2.12. The lowest BCUT2D eigenvalue weighted by molar-refractivity contribution is -0.143. The summed E-state index contributed by atoms with van der Waals surface area (Å²) in [7, 11) is 0. The zero-order valence-electron chi connectivity index (χ0n) is 12.3. The van der Waals surface area contributed by atoms with Gasteiger partial charge in [-0.05, 0) is 52.9 Å². The summed E-state index contributed by atoms with van der Waals surface area (Å²) in [6.07, 6.45) is 2.78. The lowest BCUT2D eigenvalue weighted by atomic mass is 9.77. The van der Waals surface area contributed by atoms with Crippen molar-refractivity contribution >= 4 is 12.1 Å². The smallest absolute Gasteiger partial charge is 0.407 e. The first-order valence-electron chi connectivity index (χ1n) is 6.95. The van der Waals surface area contributed by atoms with Gasteiger partial charge in [0, 0.05) is 12.5 Å². The molecule has 110 valence electrons. The molecule has 1 aliphatic carbocycles. The first kappa shape index (κ1) is 15.8. The van der Waals surface area contributed by atoms with Crippen LogP contribution >= 0.6 is 0 Å². The van der Waals surface area contributed by atoms with Gasteiger partial charge in [-0.15, -0.1) is 0 Å². The third kappa shape index (κ3) is 6.45. The summed E-state index contributed by atoms with van der Waals surface area (Å²) in [6, 6.07) is 0.182. The Morgan fingerprint density at radius 3 is 2.42 bits per heavy atom. The molecule has 1 saturated carbocycles. The van der Waals surface area contributed by atoms with E-state index in [0.29, 0.717) is 18.9 Å². The van der Waals surface area contributed by atoms with Crippen LogP contribution in [0.5, 0.6) is 0 Å². The third-order valence-electron chi connectivity index (χ3n) is 3.02. The summed E-state index contributed by atoms with van der Waals surface area (Å²) in [5, 5.41) is 2.84. The van der Waals surface area contributed by atoms with Crippen molar-refractivity contribution < 1.29 is 19.1 Å². The molecular weight excluding hydrogens is 246 g/mol. The van der Waals surface area contributed by atoms with Crippen molar-refractivity contribution in [2.24, 2.45) is 5.92 Å². The van der Waals surface area contributed by atoms with Crippen LogP contribution in [0.2, 0.25) is 0 Å². The van der Waals surface area contributed by atoms with E-state index in [9.17, 15) is 9.59 Å². The SMILES string of the molecule is CCOC(=O)CC[C@H]1C[C@@H](NC(=O)OC(C)(C)C)C1. The second-order valence-electron chi connectivity index (χ2n) is 6.02. The van der Waals surface area contributed by atoms with E-state index in [4.69, 9.17) is 9.47 Å². The van der Waals surface area contributed by atoms with Gasteiger partial charge in [0.2, 0.25) is 0 Å². The van der Waals surface area contributed by atoms with Crippen LogP contribution in [0.1, 0.15) is 53.4 Å². The first-order chi connectivity index (χ1) is 8.80. The van der Waals surface area contributed by atoms with Crippen LogP contribution in [-0.4, -0.2) is 30.3 Å². The highest BCUT2D eigenvalue weighted by molar-refractivity contribution is 5.69. The number of nitrogens with one attached hydrogen (secondary N) is 1. The molecule has 0 unspecified atom stereocenters. The molecule has 1 rings (SSSR count). The predicted octanol–water partition coefficient (Wildman–Crippen LogP) is 2.63. The van der Waals surface area contributed by atoms with Gasteiger partial charge in [-0.2, -0.15) is 0 Å². The van der Waals surface area contributed by atoms with E-state index in [1.165, 1.54) is 0 Å². The Morgan fingerprint density at radius 2 is 1.89 bits per heavy atom. The van der Waals surface area contributed by atoms with Crippen molar-refractivity contribution in [1.29, 1.82) is 0 Å². The quantitative estimate of drug-likeness (QED) is 0.781. The number of ether oxygens (including phenoxy) is 2. The van der Waals surface area contributed by atoms with Crippen molar-refractivity contribution in [3.8, 4) is 0 Å². The molecule has 0 radical (unpaired) electrons. The minimum atomic E-state index is -0.461. The number of alkyl carbamates (subject to hydrolysis) is 1. The molecule has 1 N–H and O–H groups in total. The van der Waals surface area contributed by atoms with Crippen LogP contribution in [0.3, 0.4) is 0 Å². The summed E-state index contributed by atoms with van der Waals surface area (Å²) in [5.74, 6) is 0.371. The number of esters is 1. The van der Waals surface area contributed by atoms with Gasteiger partial charge in [-0.25, -0.2) is 4.79 Å². The lowest BCUT2D eigenvalue weighted by Gasteiger charge is -2.36. The second kappa shape index (κ2) is 6.78. The molecule has 0 heterocycles. The van der Waals surface area contributed by atoms with E-state index < -0.39 is 5.60 Å². The highest BCUT2D eigenvalue weighted by Gasteiger charge is 2.31. The average molecular weight is 271 g/mol. The van der Waals surface area contributed by atoms with Gasteiger partial charge in [-0.3, -0.25) is 4.79 Å². The van der Waals surface area contributed by atoms with Crippen LogP contribution in [0.4, 0.5) is 4.79 Å². The minimum Gasteiger partial charge on any atom is -0.466 e. The molecule has 0 aliphatic heterocycles. The van der Waals surface area contributed by atoms with Gasteiger partial charge in [0.15, 0.2) is 0 Å². The highest BCUT2D eigenvalue weighted by atomic mass is 16.6. The van der Waals surface area contributed by atoms with E-state index in [0.717, 1.165) is 19.3 Å². The van der Waals surface area contributed by atoms with E-state index in [-0.39, 0.29) is 18.1 Å². The second-order valence-corrected chi connectivity index (χ2v) is 6.02. The molecule has 0 spiro atoms. The van der Waals surface area contributed by atoms with Gasteiger partial charge in [-0.1, -0.05) is 0 Å². The van der Waals surface area contributed by atoms with Crippen LogP contribution < -0.4 is 5.32 Å². The van der Waals surface area contributed by atoms with Gasteiger partial charge < -0.3 is 14.8 Å². The normalized spacial score (nSPS) is 22.3. The number of rotatable bonds is 5. The maximum atomic E-state index is 11.5. The van der Waals surface area contributed by atoms with Crippen LogP contribution in [0.15, 0.2) is 0 Å². The van der Waals surface area contributed by atoms with Crippen LogP contribution in [0, 0.1) is 5.92 Å². The minimum absolute atomic E-state index is 0.133. The Labute approximate surface area is 115 Å². The van der Waals surface area contributed by atoms with Crippen molar-refractivity contribution in [2.75, 3.05) is 6.61 Å². The molecule has 0 bridgehead atoms. The third-order valence-corrected chi connectivity index (χ3v) is 3.02. The fourth-order valence-corrected chi connectivity index (χ4v) is 2.12. The molecular formula is C14H25NO4. The van der Waals surface area contributed by atoms with E-state index in [2.05, 4.69) is 5.32 Å². The van der Waals surface area contributed by atoms with Crippen LogP contribution in [-0.2, 0) is 14.3 Å². The molecule has 0 atom stereocenters. The molecule has 5 nitrogen and oxygen atoms in total. The monoisotopic (exact) mass is 271 g/mol. The average Bonchev–Trinajstić information content (AvgIpc) is 2.18. The van der Waals surface area contributed by atoms with E-state index in [1.54, 1.807) is 0 Å². The number of carbonyl (C=O) groups excluding carboxylic acids is 2. The van der Waals surface area contributed by atoms with Gasteiger partial charge in [0.1, 0.15) is 5.60 Å². The number of amides is 1. The summed E-state index contributed by atoms with van der Waals surface area (Å²) in [6.45, 7) is 7.77. The largest absolute Gasteiger partial charge is 0.466 e. The molecule has 1 aliphatic rings. The number of hydrogen-bond donors (Lipinski definition) is 1. The van der Waals surface area contributed by atoms with Crippen molar-refractivity contribution in [2.45, 2.75) is 65.0 Å². The topological polar surface area (TPSA) is 64.6 Å². The van der Waals surface area contributed by atoms with Crippen molar-refractivity contribution in [3.63, 3.8) is 0 Å². The molecule has 0 saturated heterocycles. The number of carbonyl (C=O) groups is 2.